The quantitative estimate of drug-likeness (QED) is 0.849. The van der Waals surface area contributed by atoms with Crippen molar-refractivity contribution in [2.24, 2.45) is 0 Å². The first kappa shape index (κ1) is 18.1. The Morgan fingerprint density at radius 1 is 1.38 bits per heavy atom. The van der Waals surface area contributed by atoms with E-state index in [1.165, 1.54) is 0 Å². The van der Waals surface area contributed by atoms with E-state index in [4.69, 9.17) is 4.74 Å². The van der Waals surface area contributed by atoms with E-state index in [-0.39, 0.29) is 5.56 Å². The normalized spacial score (nSPS) is 20.0. The van der Waals surface area contributed by atoms with Gasteiger partial charge in [0.1, 0.15) is 11.3 Å². The zero-order valence-corrected chi connectivity index (χ0v) is 15.0. The molecule has 0 bridgehead atoms. The van der Waals surface area contributed by atoms with Crippen molar-refractivity contribution < 1.29 is 19.7 Å². The molecule has 0 radical (unpaired) electrons. The van der Waals surface area contributed by atoms with Crippen molar-refractivity contribution in [1.29, 1.82) is 0 Å². The molecular formula is C19H23N3O4. The van der Waals surface area contributed by atoms with Crippen LogP contribution in [-0.2, 0) is 0 Å². The van der Waals surface area contributed by atoms with Gasteiger partial charge >= 0.3 is 5.97 Å². The molecule has 1 fully saturated rings. The maximum absolute atomic E-state index is 11.5. The average Bonchev–Trinajstić information content (AvgIpc) is 2.61. The van der Waals surface area contributed by atoms with Gasteiger partial charge in [0.15, 0.2) is 0 Å². The Hall–Kier alpha value is -2.67. The van der Waals surface area contributed by atoms with Crippen LogP contribution in [0.25, 0.3) is 11.3 Å². The summed E-state index contributed by atoms with van der Waals surface area (Å²) in [5.74, 6) is -0.171. The molecular weight excluding hydrogens is 334 g/mol. The van der Waals surface area contributed by atoms with Crippen molar-refractivity contribution in [1.82, 2.24) is 9.97 Å². The number of nitrogens with zero attached hydrogens (tertiary/aromatic N) is 3. The molecule has 2 heterocycles. The van der Waals surface area contributed by atoms with E-state index >= 15 is 0 Å². The van der Waals surface area contributed by atoms with Crippen molar-refractivity contribution in [2.45, 2.75) is 32.3 Å². The highest BCUT2D eigenvalue weighted by Crippen LogP contribution is 2.28. The second-order valence-corrected chi connectivity index (χ2v) is 6.71. The van der Waals surface area contributed by atoms with Crippen LogP contribution in [0.2, 0.25) is 0 Å². The number of hydrogen-bond donors (Lipinski definition) is 2. The number of rotatable bonds is 5. The van der Waals surface area contributed by atoms with Gasteiger partial charge in [-0.05, 0) is 51.0 Å². The summed E-state index contributed by atoms with van der Waals surface area (Å²) in [6, 6.07) is 6.74. The van der Waals surface area contributed by atoms with E-state index in [0.29, 0.717) is 36.1 Å². The molecule has 1 aliphatic heterocycles. The lowest BCUT2D eigenvalue weighted by Gasteiger charge is -2.36. The van der Waals surface area contributed by atoms with Crippen LogP contribution in [0.1, 0.15) is 37.0 Å². The predicted octanol–water partition coefficient (Wildman–Crippen LogP) is 2.59. The van der Waals surface area contributed by atoms with Crippen LogP contribution in [0.3, 0.4) is 0 Å². The Labute approximate surface area is 152 Å². The first-order valence-electron chi connectivity index (χ1n) is 8.70. The van der Waals surface area contributed by atoms with Crippen LogP contribution in [0.15, 0.2) is 30.5 Å². The zero-order chi connectivity index (χ0) is 18.7. The number of β-amino-alcohol motifs (C(OH)–C–C–N with tert-alkyl or cyclic N) is 1. The molecule has 7 heteroatoms. The minimum Gasteiger partial charge on any atom is -0.493 e. The van der Waals surface area contributed by atoms with Gasteiger partial charge in [0, 0.05) is 24.8 Å². The third-order valence-corrected chi connectivity index (χ3v) is 4.41. The Morgan fingerprint density at radius 3 is 2.88 bits per heavy atom. The lowest BCUT2D eigenvalue weighted by atomic mass is 9.95. The highest BCUT2D eigenvalue weighted by atomic mass is 16.5. The SMILES string of the molecule is CCOc1ccc(-c2ccnc(N3CCC[C@](C)(O)C3)n2)cc1C(=O)O. The third-order valence-electron chi connectivity index (χ3n) is 4.41. The molecule has 3 rings (SSSR count). The number of hydrogen-bond acceptors (Lipinski definition) is 6. The summed E-state index contributed by atoms with van der Waals surface area (Å²) < 4.78 is 5.38. The zero-order valence-electron chi connectivity index (χ0n) is 15.0. The number of aromatic nitrogens is 2. The number of benzene rings is 1. The van der Waals surface area contributed by atoms with Crippen molar-refractivity contribution in [3.63, 3.8) is 0 Å². The first-order valence-corrected chi connectivity index (χ1v) is 8.70. The van der Waals surface area contributed by atoms with E-state index < -0.39 is 11.6 Å². The minimum atomic E-state index is -1.04. The number of anilines is 1. The summed E-state index contributed by atoms with van der Waals surface area (Å²) in [4.78, 5) is 22.4. The summed E-state index contributed by atoms with van der Waals surface area (Å²) in [5, 5.41) is 19.7. The molecule has 0 saturated carbocycles. The van der Waals surface area contributed by atoms with Gasteiger partial charge in [-0.1, -0.05) is 0 Å². The summed E-state index contributed by atoms with van der Waals surface area (Å²) in [5.41, 5.74) is 0.655. The van der Waals surface area contributed by atoms with Crippen LogP contribution >= 0.6 is 0 Å². The molecule has 0 unspecified atom stereocenters. The molecule has 1 atom stereocenters. The van der Waals surface area contributed by atoms with Crippen molar-refractivity contribution >= 4 is 11.9 Å². The van der Waals surface area contributed by atoms with Crippen molar-refractivity contribution in [3.8, 4) is 17.0 Å². The lowest BCUT2D eigenvalue weighted by Crippen LogP contribution is -2.46. The Kier molecular flexibility index (Phi) is 5.08. The van der Waals surface area contributed by atoms with Gasteiger partial charge < -0.3 is 19.8 Å². The highest BCUT2D eigenvalue weighted by molar-refractivity contribution is 5.92. The van der Waals surface area contributed by atoms with Gasteiger partial charge in [-0.3, -0.25) is 0 Å². The van der Waals surface area contributed by atoms with Crippen LogP contribution in [0, 0.1) is 0 Å². The third kappa shape index (κ3) is 3.94. The van der Waals surface area contributed by atoms with Gasteiger partial charge in [0.2, 0.25) is 5.95 Å². The molecule has 1 aromatic carbocycles. The van der Waals surface area contributed by atoms with Gasteiger partial charge in [0.05, 0.1) is 17.9 Å². The van der Waals surface area contributed by atoms with Crippen molar-refractivity contribution in [3.05, 3.63) is 36.0 Å². The molecule has 2 aromatic rings. The average molecular weight is 357 g/mol. The van der Waals surface area contributed by atoms with Crippen LogP contribution in [0.5, 0.6) is 5.75 Å². The molecule has 0 spiro atoms. The fraction of sp³-hybridized carbons (Fsp3) is 0.421. The summed E-state index contributed by atoms with van der Waals surface area (Å²) in [6.07, 6.45) is 3.27. The molecule has 1 saturated heterocycles. The lowest BCUT2D eigenvalue weighted by molar-refractivity contribution is 0.0444. The maximum atomic E-state index is 11.5. The monoisotopic (exact) mass is 357 g/mol. The predicted molar refractivity (Wildman–Crippen MR) is 97.7 cm³/mol. The second-order valence-electron chi connectivity index (χ2n) is 6.71. The number of ether oxygens (including phenoxy) is 1. The topological polar surface area (TPSA) is 95.8 Å². The van der Waals surface area contributed by atoms with E-state index in [0.717, 1.165) is 19.4 Å². The van der Waals surface area contributed by atoms with E-state index in [1.54, 1.807) is 30.5 Å². The molecule has 26 heavy (non-hydrogen) atoms. The molecule has 0 amide bonds. The number of carbonyl (C=O) groups is 1. The number of aromatic carboxylic acids is 1. The fourth-order valence-electron chi connectivity index (χ4n) is 3.19. The van der Waals surface area contributed by atoms with E-state index in [9.17, 15) is 15.0 Å². The van der Waals surface area contributed by atoms with Gasteiger partial charge in [0.25, 0.3) is 0 Å². The highest BCUT2D eigenvalue weighted by Gasteiger charge is 2.29. The smallest absolute Gasteiger partial charge is 0.339 e. The number of carboxylic acid groups (broad SMARTS) is 1. The maximum Gasteiger partial charge on any atom is 0.339 e. The summed E-state index contributed by atoms with van der Waals surface area (Å²) in [6.45, 7) is 5.27. The Morgan fingerprint density at radius 2 is 2.19 bits per heavy atom. The molecule has 0 aliphatic carbocycles. The molecule has 1 aliphatic rings. The molecule has 2 N–H and O–H groups in total. The van der Waals surface area contributed by atoms with Crippen molar-refractivity contribution in [2.75, 3.05) is 24.6 Å². The Balaban J connectivity index is 1.93. The Bertz CT molecular complexity index is 807. The molecule has 7 nitrogen and oxygen atoms in total. The van der Waals surface area contributed by atoms with Gasteiger partial charge in [-0.2, -0.15) is 0 Å². The largest absolute Gasteiger partial charge is 0.493 e. The second kappa shape index (κ2) is 7.29. The van der Waals surface area contributed by atoms with E-state index in [2.05, 4.69) is 9.97 Å². The number of carboxylic acids is 1. The summed E-state index contributed by atoms with van der Waals surface area (Å²) in [7, 11) is 0. The van der Waals surface area contributed by atoms with Gasteiger partial charge in [-0.15, -0.1) is 0 Å². The van der Waals surface area contributed by atoms with Crippen LogP contribution < -0.4 is 9.64 Å². The first-order chi connectivity index (χ1) is 12.4. The molecule has 138 valence electrons. The van der Waals surface area contributed by atoms with Crippen LogP contribution in [-0.4, -0.2) is 51.4 Å². The molecule has 1 aromatic heterocycles. The minimum absolute atomic E-state index is 0.102. The van der Waals surface area contributed by atoms with Gasteiger partial charge in [-0.25, -0.2) is 14.8 Å². The number of piperidine rings is 1. The summed E-state index contributed by atoms with van der Waals surface area (Å²) >= 11 is 0. The van der Waals surface area contributed by atoms with E-state index in [1.807, 2.05) is 18.7 Å². The number of aliphatic hydroxyl groups is 1. The van der Waals surface area contributed by atoms with Crippen LogP contribution in [0.4, 0.5) is 5.95 Å². The fourth-order valence-corrected chi connectivity index (χ4v) is 3.19. The standard InChI is InChI=1S/C19H23N3O4/c1-3-26-16-6-5-13(11-14(16)17(23)24)15-7-9-20-18(21-15)22-10-4-8-19(2,25)12-22/h5-7,9,11,25H,3-4,8,10,12H2,1-2H3,(H,23,24)/t19-/m0/s1.